The van der Waals surface area contributed by atoms with Crippen molar-refractivity contribution in [3.8, 4) is 0 Å². The molecule has 8 heavy (non-hydrogen) atoms. The fourth-order valence-electron chi connectivity index (χ4n) is 0.506. The molecule has 0 amide bonds. The molecule has 2 atom stereocenters. The number of epoxide rings is 1. The van der Waals surface area contributed by atoms with Crippen LogP contribution in [0.5, 0.6) is 0 Å². The summed E-state index contributed by atoms with van der Waals surface area (Å²) in [4.78, 5) is 19.9. The first kappa shape index (κ1) is 6.23. The predicted octanol–water partition coefficient (Wildman–Crippen LogP) is -1.36. The molecule has 0 saturated carbocycles. The van der Waals surface area contributed by atoms with Crippen LogP contribution in [0.2, 0.25) is 0 Å². The van der Waals surface area contributed by atoms with Crippen LogP contribution in [-0.2, 0) is 9.30 Å². The van der Waals surface area contributed by atoms with Crippen molar-refractivity contribution in [2.45, 2.75) is 18.9 Å². The van der Waals surface area contributed by atoms with Crippen LogP contribution in [0.15, 0.2) is 0 Å². The summed E-state index contributed by atoms with van der Waals surface area (Å²) in [6.45, 7) is 1.55. The van der Waals surface area contributed by atoms with Gasteiger partial charge in [0.1, 0.15) is 5.85 Å². The monoisotopic (exact) mass is 136 g/mol. The van der Waals surface area contributed by atoms with Gasteiger partial charge in [0.25, 0.3) is 0 Å². The van der Waals surface area contributed by atoms with Gasteiger partial charge in [0.15, 0.2) is 0 Å². The van der Waals surface area contributed by atoms with Gasteiger partial charge < -0.3 is 19.1 Å². The minimum atomic E-state index is -4.40. The van der Waals surface area contributed by atoms with E-state index in [1.165, 1.54) is 0 Å². The molecule has 1 aliphatic heterocycles. The van der Waals surface area contributed by atoms with Crippen LogP contribution in [-0.4, -0.2) is 11.9 Å². The number of rotatable bonds is 1. The lowest BCUT2D eigenvalue weighted by Gasteiger charge is -2.26. The van der Waals surface area contributed by atoms with Crippen LogP contribution >= 0.6 is 7.60 Å². The van der Waals surface area contributed by atoms with Gasteiger partial charge in [0.2, 0.25) is 0 Å². The molecule has 1 rings (SSSR count). The third kappa shape index (κ3) is 1.09. The molecule has 0 aliphatic carbocycles. The van der Waals surface area contributed by atoms with Gasteiger partial charge in [0, 0.05) is 0 Å². The highest BCUT2D eigenvalue weighted by atomic mass is 31.2. The van der Waals surface area contributed by atoms with E-state index in [-0.39, 0.29) is 6.10 Å². The Hall–Kier alpha value is 0.110. The third-order valence-corrected chi connectivity index (χ3v) is 2.16. The van der Waals surface area contributed by atoms with Crippen molar-refractivity contribution >= 4 is 7.60 Å². The second-order valence-corrected chi connectivity index (χ2v) is 3.36. The zero-order chi connectivity index (χ0) is 6.36. The lowest BCUT2D eigenvalue weighted by atomic mass is 10.6. The molecular formula is C3H5O4P-2. The minimum Gasteiger partial charge on any atom is -0.809 e. The lowest BCUT2D eigenvalue weighted by Crippen LogP contribution is -2.18. The predicted molar refractivity (Wildman–Crippen MR) is 21.9 cm³/mol. The van der Waals surface area contributed by atoms with E-state index >= 15 is 0 Å². The minimum absolute atomic E-state index is 0.379. The summed E-state index contributed by atoms with van der Waals surface area (Å²) in [5.74, 6) is -1.04. The Bertz CT molecular complexity index is 138. The van der Waals surface area contributed by atoms with Crippen molar-refractivity contribution in [1.82, 2.24) is 0 Å². The Kier molecular flexibility index (Phi) is 1.20. The average Bonchev–Trinajstić information content (AvgIpc) is 2.13. The molecule has 4 nitrogen and oxygen atoms in total. The quantitative estimate of drug-likeness (QED) is 0.329. The van der Waals surface area contributed by atoms with Gasteiger partial charge in [-0.25, -0.2) is 0 Å². The Morgan fingerprint density at radius 2 is 2.00 bits per heavy atom. The van der Waals surface area contributed by atoms with Gasteiger partial charge in [-0.2, -0.15) is 0 Å². The molecule has 48 valence electrons. The summed E-state index contributed by atoms with van der Waals surface area (Å²) in [6, 6.07) is 0. The highest BCUT2D eigenvalue weighted by Crippen LogP contribution is 2.45. The number of ether oxygens (including phenoxy) is 1. The summed E-state index contributed by atoms with van der Waals surface area (Å²) in [7, 11) is -4.40. The Labute approximate surface area is 46.6 Å². The first-order valence-corrected chi connectivity index (χ1v) is 3.80. The second kappa shape index (κ2) is 1.54. The molecule has 0 radical (unpaired) electrons. The van der Waals surface area contributed by atoms with Crippen molar-refractivity contribution in [2.75, 3.05) is 0 Å². The van der Waals surface area contributed by atoms with Crippen molar-refractivity contribution < 1.29 is 19.1 Å². The van der Waals surface area contributed by atoms with Crippen molar-refractivity contribution in [1.29, 1.82) is 0 Å². The molecule has 0 aromatic carbocycles. The van der Waals surface area contributed by atoms with E-state index in [2.05, 4.69) is 4.74 Å². The smallest absolute Gasteiger partial charge is 0.110 e. The van der Waals surface area contributed by atoms with E-state index in [1.54, 1.807) is 6.92 Å². The molecule has 0 unspecified atom stereocenters. The van der Waals surface area contributed by atoms with Crippen molar-refractivity contribution in [3.05, 3.63) is 0 Å². The molecule has 1 aliphatic rings. The molecule has 0 spiro atoms. The molecule has 1 heterocycles. The van der Waals surface area contributed by atoms with Gasteiger partial charge >= 0.3 is 0 Å². The second-order valence-electron chi connectivity index (χ2n) is 1.77. The highest BCUT2D eigenvalue weighted by molar-refractivity contribution is 7.49. The van der Waals surface area contributed by atoms with Crippen molar-refractivity contribution in [3.63, 3.8) is 0 Å². The average molecular weight is 136 g/mol. The van der Waals surface area contributed by atoms with Gasteiger partial charge in [-0.05, 0) is 14.5 Å². The highest BCUT2D eigenvalue weighted by Gasteiger charge is 2.36. The Morgan fingerprint density at radius 3 is 2.00 bits per heavy atom. The molecule has 0 aromatic rings. The van der Waals surface area contributed by atoms with E-state index in [1.807, 2.05) is 0 Å². The SMILES string of the molecule is C[C@H]1O[C@H]1P(=O)([O-])[O-]. The summed E-state index contributed by atoms with van der Waals surface area (Å²) < 4.78 is 14.3. The number of hydrogen-bond donors (Lipinski definition) is 0. The van der Waals surface area contributed by atoms with E-state index in [9.17, 15) is 14.4 Å². The van der Waals surface area contributed by atoms with Crippen LogP contribution in [0.4, 0.5) is 0 Å². The van der Waals surface area contributed by atoms with E-state index in [4.69, 9.17) is 0 Å². The van der Waals surface area contributed by atoms with Crippen LogP contribution < -0.4 is 9.79 Å². The van der Waals surface area contributed by atoms with Gasteiger partial charge in [-0.15, -0.1) is 0 Å². The summed E-state index contributed by atoms with van der Waals surface area (Å²) in [5.41, 5.74) is 0. The van der Waals surface area contributed by atoms with Gasteiger partial charge in [-0.3, -0.25) is 0 Å². The molecule has 0 aromatic heterocycles. The third-order valence-electron chi connectivity index (χ3n) is 0.991. The molecule has 5 heteroatoms. The maximum absolute atomic E-state index is 9.95. The van der Waals surface area contributed by atoms with Crippen molar-refractivity contribution in [2.24, 2.45) is 0 Å². The Morgan fingerprint density at radius 1 is 1.62 bits per heavy atom. The summed E-state index contributed by atoms with van der Waals surface area (Å²) >= 11 is 0. The lowest BCUT2D eigenvalue weighted by molar-refractivity contribution is -0.316. The van der Waals surface area contributed by atoms with E-state index < -0.39 is 13.4 Å². The van der Waals surface area contributed by atoms with Gasteiger partial charge in [0.05, 0.1) is 6.10 Å². The van der Waals surface area contributed by atoms with E-state index in [0.29, 0.717) is 0 Å². The molecule has 1 saturated heterocycles. The zero-order valence-electron chi connectivity index (χ0n) is 4.23. The topological polar surface area (TPSA) is 75.7 Å². The van der Waals surface area contributed by atoms with Crippen LogP contribution in [0.1, 0.15) is 6.92 Å². The van der Waals surface area contributed by atoms with Crippen LogP contribution in [0, 0.1) is 0 Å². The van der Waals surface area contributed by atoms with Crippen LogP contribution in [0.3, 0.4) is 0 Å². The first-order valence-electron chi connectivity index (χ1n) is 2.19. The first-order chi connectivity index (χ1) is 3.52. The fourth-order valence-corrected chi connectivity index (χ4v) is 1.36. The Balaban J connectivity index is 2.52. The molecule has 0 N–H and O–H groups in total. The largest absolute Gasteiger partial charge is 0.809 e. The maximum Gasteiger partial charge on any atom is 0.110 e. The molecular weight excluding hydrogens is 131 g/mol. The molecule has 1 fully saturated rings. The normalized spacial score (nSPS) is 37.4. The molecule has 0 bridgehead atoms. The summed E-state index contributed by atoms with van der Waals surface area (Å²) in [5, 5.41) is 0. The zero-order valence-corrected chi connectivity index (χ0v) is 5.13. The maximum atomic E-state index is 9.95. The number of hydrogen-bond acceptors (Lipinski definition) is 4. The summed E-state index contributed by atoms with van der Waals surface area (Å²) in [6.07, 6.45) is -0.379. The van der Waals surface area contributed by atoms with Crippen LogP contribution in [0.25, 0.3) is 0 Å². The van der Waals surface area contributed by atoms with Gasteiger partial charge in [-0.1, -0.05) is 0 Å². The fraction of sp³-hybridized carbons (Fsp3) is 1.00. The standard InChI is InChI=1S/C3H7O4P/c1-2-3(7-2)8(4,5)6/h2-3H,1H3,(H2,4,5,6)/p-2/t2-,3+/m1/s1. The van der Waals surface area contributed by atoms with E-state index in [0.717, 1.165) is 0 Å².